The minimum absolute atomic E-state index is 0.363. The van der Waals surface area contributed by atoms with Crippen LogP contribution in [0.25, 0.3) is 6.08 Å². The van der Waals surface area contributed by atoms with Gasteiger partial charge in [0.25, 0.3) is 0 Å². The molecule has 2 aliphatic heterocycles. The highest BCUT2D eigenvalue weighted by Crippen LogP contribution is 2.32. The first-order valence-electron chi connectivity index (χ1n) is 12.6. The van der Waals surface area contributed by atoms with Crippen LogP contribution in [0.5, 0.6) is 0 Å². The van der Waals surface area contributed by atoms with Gasteiger partial charge in [-0.25, -0.2) is 0 Å². The lowest BCUT2D eigenvalue weighted by Crippen LogP contribution is -2.42. The van der Waals surface area contributed by atoms with E-state index in [2.05, 4.69) is 59.2 Å². The van der Waals surface area contributed by atoms with Crippen LogP contribution in [0, 0.1) is 17.8 Å². The van der Waals surface area contributed by atoms with E-state index in [1.165, 1.54) is 83.1 Å². The third-order valence-corrected chi connectivity index (χ3v) is 8.21. The first kappa shape index (κ1) is 22.0. The normalized spacial score (nSPS) is 29.0. The van der Waals surface area contributed by atoms with Crippen LogP contribution in [0.15, 0.2) is 36.4 Å². The van der Waals surface area contributed by atoms with Gasteiger partial charge in [-0.2, -0.15) is 0 Å². The second-order valence-corrected chi connectivity index (χ2v) is 10.3. The van der Waals surface area contributed by atoms with Crippen LogP contribution < -0.4 is 5.73 Å². The fraction of sp³-hybridized carbons (Fsp3) is 0.704. The van der Waals surface area contributed by atoms with Crippen LogP contribution in [0.3, 0.4) is 0 Å². The molecule has 2 N–H and O–H groups in total. The Labute approximate surface area is 184 Å². The van der Waals surface area contributed by atoms with Gasteiger partial charge in [0.15, 0.2) is 0 Å². The third kappa shape index (κ3) is 5.96. The number of nitrogens with two attached hydrogens (primary N) is 1. The zero-order chi connectivity index (χ0) is 20.8. The molecule has 0 amide bonds. The predicted octanol–water partition coefficient (Wildman–Crippen LogP) is 5.03. The molecule has 0 radical (unpaired) electrons. The number of benzene rings is 1. The summed E-state index contributed by atoms with van der Waals surface area (Å²) in [5.74, 6) is 2.41. The van der Waals surface area contributed by atoms with Crippen LogP contribution in [0.2, 0.25) is 0 Å². The summed E-state index contributed by atoms with van der Waals surface area (Å²) >= 11 is 0. The quantitative estimate of drug-likeness (QED) is 0.685. The molecule has 3 heteroatoms. The van der Waals surface area contributed by atoms with E-state index in [1.807, 2.05) is 0 Å². The summed E-state index contributed by atoms with van der Waals surface area (Å²) in [6, 6.07) is 11.8. The SMILES string of the molecule is CC(C1CCCCC1)N1CC(N)C(CN2CCC(C/C=C/c3ccccc3)CC2)C1. The molecule has 3 fully saturated rings. The molecule has 1 aromatic rings. The van der Waals surface area contributed by atoms with Gasteiger partial charge in [0, 0.05) is 37.6 Å². The van der Waals surface area contributed by atoms with Crippen LogP contribution in [-0.2, 0) is 0 Å². The van der Waals surface area contributed by atoms with Crippen LogP contribution >= 0.6 is 0 Å². The van der Waals surface area contributed by atoms with E-state index in [0.29, 0.717) is 12.0 Å². The van der Waals surface area contributed by atoms with Crippen molar-refractivity contribution >= 4 is 6.08 Å². The van der Waals surface area contributed by atoms with E-state index in [-0.39, 0.29) is 0 Å². The molecule has 30 heavy (non-hydrogen) atoms. The summed E-state index contributed by atoms with van der Waals surface area (Å²) in [6.07, 6.45) is 15.8. The maximum absolute atomic E-state index is 6.62. The number of likely N-dealkylation sites (tertiary alicyclic amines) is 2. The average Bonchev–Trinajstić information content (AvgIpc) is 3.16. The fourth-order valence-electron chi connectivity index (χ4n) is 6.07. The van der Waals surface area contributed by atoms with Crippen LogP contribution in [0.4, 0.5) is 0 Å². The van der Waals surface area contributed by atoms with E-state index in [1.54, 1.807) is 0 Å². The molecule has 1 saturated carbocycles. The van der Waals surface area contributed by atoms with E-state index in [9.17, 15) is 0 Å². The monoisotopic (exact) mass is 409 g/mol. The first-order chi connectivity index (χ1) is 14.7. The minimum Gasteiger partial charge on any atom is -0.326 e. The number of nitrogens with zero attached hydrogens (tertiary/aromatic N) is 2. The number of hydrogen-bond donors (Lipinski definition) is 1. The van der Waals surface area contributed by atoms with Gasteiger partial charge in [-0.05, 0) is 69.5 Å². The van der Waals surface area contributed by atoms with E-state index < -0.39 is 0 Å². The molecule has 166 valence electrons. The Balaban J connectivity index is 1.18. The molecule has 0 bridgehead atoms. The molecular formula is C27H43N3. The highest BCUT2D eigenvalue weighted by molar-refractivity contribution is 5.48. The lowest BCUT2D eigenvalue weighted by atomic mass is 9.84. The highest BCUT2D eigenvalue weighted by Gasteiger charge is 2.36. The van der Waals surface area contributed by atoms with Crippen molar-refractivity contribution in [2.24, 2.45) is 23.5 Å². The first-order valence-corrected chi connectivity index (χ1v) is 12.6. The zero-order valence-corrected chi connectivity index (χ0v) is 19.1. The number of rotatable bonds is 7. The van der Waals surface area contributed by atoms with Gasteiger partial charge in [-0.1, -0.05) is 61.7 Å². The largest absolute Gasteiger partial charge is 0.326 e. The van der Waals surface area contributed by atoms with E-state index >= 15 is 0 Å². The molecule has 2 heterocycles. The Kier molecular flexibility index (Phi) is 8.03. The van der Waals surface area contributed by atoms with Crippen molar-refractivity contribution in [1.82, 2.24) is 9.80 Å². The van der Waals surface area contributed by atoms with Crippen molar-refractivity contribution in [2.45, 2.75) is 70.4 Å². The third-order valence-electron chi connectivity index (χ3n) is 8.21. The zero-order valence-electron chi connectivity index (χ0n) is 19.1. The van der Waals surface area contributed by atoms with Gasteiger partial charge in [0.05, 0.1) is 0 Å². The molecule has 3 aliphatic rings. The second-order valence-electron chi connectivity index (χ2n) is 10.3. The predicted molar refractivity (Wildman–Crippen MR) is 128 cm³/mol. The molecule has 3 atom stereocenters. The topological polar surface area (TPSA) is 32.5 Å². The lowest BCUT2D eigenvalue weighted by molar-refractivity contribution is 0.136. The highest BCUT2D eigenvalue weighted by atomic mass is 15.2. The Morgan fingerprint density at radius 1 is 1.00 bits per heavy atom. The molecule has 3 nitrogen and oxygen atoms in total. The van der Waals surface area contributed by atoms with Crippen molar-refractivity contribution in [3.05, 3.63) is 42.0 Å². The molecule has 2 saturated heterocycles. The van der Waals surface area contributed by atoms with Crippen molar-refractivity contribution in [3.63, 3.8) is 0 Å². The van der Waals surface area contributed by atoms with Gasteiger partial charge in [-0.15, -0.1) is 0 Å². The summed E-state index contributed by atoms with van der Waals surface area (Å²) < 4.78 is 0. The minimum atomic E-state index is 0.363. The number of allylic oxidation sites excluding steroid dienone is 1. The molecule has 1 aliphatic carbocycles. The maximum Gasteiger partial charge on any atom is 0.0221 e. The van der Waals surface area contributed by atoms with E-state index in [4.69, 9.17) is 5.73 Å². The molecule has 4 rings (SSSR count). The molecule has 0 aromatic heterocycles. The van der Waals surface area contributed by atoms with Crippen molar-refractivity contribution < 1.29 is 0 Å². The lowest BCUT2D eigenvalue weighted by Gasteiger charge is -2.35. The Hall–Kier alpha value is -1.16. The second kappa shape index (κ2) is 10.9. The number of hydrogen-bond acceptors (Lipinski definition) is 3. The number of piperidine rings is 1. The standard InChI is InChI=1S/C27H43N3/c1-22(25-13-6-3-7-14-25)30-20-26(27(28)21-30)19-29-17-15-24(16-18-29)12-8-11-23-9-4-2-5-10-23/h2,4-5,8-11,22,24-27H,3,6-7,12-21,28H2,1H3/b11-8+. The molecule has 0 spiro atoms. The van der Waals surface area contributed by atoms with Gasteiger partial charge >= 0.3 is 0 Å². The van der Waals surface area contributed by atoms with Crippen molar-refractivity contribution in [2.75, 3.05) is 32.7 Å². The Morgan fingerprint density at radius 3 is 2.47 bits per heavy atom. The van der Waals surface area contributed by atoms with Gasteiger partial charge in [0.1, 0.15) is 0 Å². The summed E-state index contributed by atoms with van der Waals surface area (Å²) in [5, 5.41) is 0. The summed E-state index contributed by atoms with van der Waals surface area (Å²) in [4.78, 5) is 5.43. The molecular weight excluding hydrogens is 366 g/mol. The smallest absolute Gasteiger partial charge is 0.0221 e. The molecule has 3 unspecified atom stereocenters. The van der Waals surface area contributed by atoms with Gasteiger partial charge < -0.3 is 10.6 Å². The molecule has 1 aromatic carbocycles. The van der Waals surface area contributed by atoms with Gasteiger partial charge in [0.2, 0.25) is 0 Å². The Morgan fingerprint density at radius 2 is 1.73 bits per heavy atom. The maximum atomic E-state index is 6.62. The Bertz CT molecular complexity index is 643. The average molecular weight is 410 g/mol. The van der Waals surface area contributed by atoms with Crippen LogP contribution in [0.1, 0.15) is 63.9 Å². The fourth-order valence-corrected chi connectivity index (χ4v) is 6.07. The van der Waals surface area contributed by atoms with Crippen molar-refractivity contribution in [1.29, 1.82) is 0 Å². The van der Waals surface area contributed by atoms with Crippen LogP contribution in [-0.4, -0.2) is 54.6 Å². The summed E-state index contributed by atoms with van der Waals surface area (Å²) in [7, 11) is 0. The van der Waals surface area contributed by atoms with Gasteiger partial charge in [-0.3, -0.25) is 4.90 Å². The van der Waals surface area contributed by atoms with Crippen molar-refractivity contribution in [3.8, 4) is 0 Å². The summed E-state index contributed by atoms with van der Waals surface area (Å²) in [5.41, 5.74) is 7.94. The summed E-state index contributed by atoms with van der Waals surface area (Å²) in [6.45, 7) is 8.53. The van der Waals surface area contributed by atoms with E-state index in [0.717, 1.165) is 24.4 Å².